The number of carbonyl (C=O) groups excluding carboxylic acids is 4. The van der Waals surface area contributed by atoms with Crippen molar-refractivity contribution in [1.82, 2.24) is 10.6 Å². The molecule has 2 aliphatic rings. The summed E-state index contributed by atoms with van der Waals surface area (Å²) >= 11 is 0. The number of Topliss-reactive ketones (excluding diaryl/α,β-unsaturated/α-hetero) is 1. The van der Waals surface area contributed by atoms with Gasteiger partial charge in [0.2, 0.25) is 11.6 Å². The van der Waals surface area contributed by atoms with E-state index >= 15 is 0 Å². The van der Waals surface area contributed by atoms with E-state index in [-0.39, 0.29) is 34.9 Å². The maximum absolute atomic E-state index is 13.2. The largest absolute Gasteiger partial charge is 0.440 e. The highest BCUT2D eigenvalue weighted by molar-refractivity contribution is 6.23. The van der Waals surface area contributed by atoms with Crippen LogP contribution in [0, 0.1) is 11.8 Å². The molecule has 6 atom stereocenters. The number of aliphatic hydroxyl groups is 1. The molecule has 2 bridgehead atoms. The van der Waals surface area contributed by atoms with Crippen LogP contribution in [0.25, 0.3) is 0 Å². The molecule has 1 aliphatic heterocycles. The molecule has 0 aromatic carbocycles. The molecule has 0 saturated heterocycles. The number of allylic oxidation sites excluding steroid dienone is 4. The number of fused-ring (bicyclic) bond motifs is 2. The summed E-state index contributed by atoms with van der Waals surface area (Å²) in [6, 6.07) is -0.526. The zero-order valence-electron chi connectivity index (χ0n) is 23.3. The van der Waals surface area contributed by atoms with Gasteiger partial charge in [-0.3, -0.25) is 14.4 Å². The van der Waals surface area contributed by atoms with Gasteiger partial charge >= 0.3 is 6.09 Å². The van der Waals surface area contributed by atoms with Gasteiger partial charge in [-0.2, -0.15) is 0 Å². The predicted octanol–water partition coefficient (Wildman–Crippen LogP) is 1.29. The lowest BCUT2D eigenvalue weighted by molar-refractivity contribution is -0.120. The van der Waals surface area contributed by atoms with Crippen molar-refractivity contribution >= 4 is 23.6 Å². The number of nitrogens with one attached hydrogen (secondary N) is 2. The number of nitrogens with two attached hydrogens (primary N) is 2. The standard InChI is InChI=1S/C28H40N4O7/c1-14-10-18-23(29)21(33)13-20(25(18)35)32-27(36)15(2)8-7-9-19(31-5)26(39-28(30)37)17(4)12-16(3)24(34)22(11-14)38-6/h7-9,12-14,16,19,22,24,26,31,34H,10-11,29H2,1-6H3,(H2,30,37)(H,32,36)/b9-7-,15-8+,17-12+/t14-,16+,19?,22?,24-,26?/m1/s1. The molecule has 39 heavy (non-hydrogen) atoms. The maximum Gasteiger partial charge on any atom is 0.405 e. The monoisotopic (exact) mass is 544 g/mol. The van der Waals surface area contributed by atoms with Crippen LogP contribution in [-0.4, -0.2) is 67.2 Å². The van der Waals surface area contributed by atoms with E-state index in [1.807, 2.05) is 13.8 Å². The van der Waals surface area contributed by atoms with Crippen LogP contribution in [0.1, 0.15) is 40.5 Å². The summed E-state index contributed by atoms with van der Waals surface area (Å²) in [5.74, 6) is -2.29. The fraction of sp³-hybridized carbons (Fsp3) is 0.500. The number of amides is 2. The molecule has 1 aliphatic carbocycles. The average Bonchev–Trinajstić information content (AvgIpc) is 2.88. The molecule has 7 N–H and O–H groups in total. The first-order chi connectivity index (χ1) is 18.3. The number of primary amides is 1. The SMILES string of the molecule is CNC1/C=C\C=C(/C)C(=O)NC2=CC(=O)C(N)=C(C[C@@H](C)CC(OC)[C@H](O)[C@@H](C)/C=C(\C)C1OC(N)=O)C2=O. The van der Waals surface area contributed by atoms with Gasteiger partial charge in [0.15, 0.2) is 0 Å². The Morgan fingerprint density at radius 2 is 1.87 bits per heavy atom. The van der Waals surface area contributed by atoms with E-state index in [0.717, 1.165) is 6.08 Å². The van der Waals surface area contributed by atoms with Crippen LogP contribution < -0.4 is 22.1 Å². The lowest BCUT2D eigenvalue weighted by atomic mass is 9.85. The molecule has 2 rings (SSSR count). The fourth-order valence-corrected chi connectivity index (χ4v) is 4.69. The van der Waals surface area contributed by atoms with E-state index in [2.05, 4.69) is 10.6 Å². The first-order valence-electron chi connectivity index (χ1n) is 12.8. The smallest absolute Gasteiger partial charge is 0.405 e. The van der Waals surface area contributed by atoms with Crippen LogP contribution in [0.5, 0.6) is 0 Å². The summed E-state index contributed by atoms with van der Waals surface area (Å²) in [4.78, 5) is 50.2. The molecule has 11 heteroatoms. The molecule has 11 nitrogen and oxygen atoms in total. The van der Waals surface area contributed by atoms with Gasteiger partial charge in [0.25, 0.3) is 5.91 Å². The number of ketones is 2. The molecule has 214 valence electrons. The predicted molar refractivity (Wildman–Crippen MR) is 146 cm³/mol. The topological polar surface area (TPSA) is 183 Å². The van der Waals surface area contributed by atoms with E-state index in [1.165, 1.54) is 13.2 Å². The number of rotatable bonds is 3. The first-order valence-corrected chi connectivity index (χ1v) is 12.8. The third kappa shape index (κ3) is 8.22. The first kappa shape index (κ1) is 31.7. The van der Waals surface area contributed by atoms with Crippen molar-refractivity contribution in [3.05, 3.63) is 58.5 Å². The van der Waals surface area contributed by atoms with Gasteiger partial charge in [-0.15, -0.1) is 0 Å². The second-order valence-corrected chi connectivity index (χ2v) is 10.1. The second kappa shape index (κ2) is 14.0. The van der Waals surface area contributed by atoms with Crippen molar-refractivity contribution in [2.75, 3.05) is 14.2 Å². The number of methoxy groups -OCH3 is 1. The fourth-order valence-electron chi connectivity index (χ4n) is 4.69. The Balaban J connectivity index is 2.58. The summed E-state index contributed by atoms with van der Waals surface area (Å²) in [5.41, 5.74) is 12.0. The van der Waals surface area contributed by atoms with Crippen LogP contribution >= 0.6 is 0 Å². The summed E-state index contributed by atoms with van der Waals surface area (Å²) < 4.78 is 11.0. The summed E-state index contributed by atoms with van der Waals surface area (Å²) in [7, 11) is 3.16. The Bertz CT molecular complexity index is 1130. The highest BCUT2D eigenvalue weighted by Gasteiger charge is 2.32. The van der Waals surface area contributed by atoms with Crippen molar-refractivity contribution in [2.45, 2.75) is 64.9 Å². The Morgan fingerprint density at radius 1 is 1.21 bits per heavy atom. The van der Waals surface area contributed by atoms with Gasteiger partial charge in [0.05, 0.1) is 29.6 Å². The second-order valence-electron chi connectivity index (χ2n) is 10.1. The Hall–Kier alpha value is -3.54. The van der Waals surface area contributed by atoms with Crippen molar-refractivity contribution < 1.29 is 33.8 Å². The molecule has 0 aromatic rings. The summed E-state index contributed by atoms with van der Waals surface area (Å²) in [6.07, 6.45) is 4.80. The number of hydrogen-bond donors (Lipinski definition) is 5. The molecular formula is C28H40N4O7. The minimum Gasteiger partial charge on any atom is -0.440 e. The third-order valence-corrected chi connectivity index (χ3v) is 6.94. The molecule has 1 heterocycles. The van der Waals surface area contributed by atoms with Crippen molar-refractivity contribution in [2.24, 2.45) is 23.3 Å². The van der Waals surface area contributed by atoms with Gasteiger partial charge in [-0.05, 0) is 45.2 Å². The maximum atomic E-state index is 13.2. The van der Waals surface area contributed by atoms with Crippen LogP contribution in [0.2, 0.25) is 0 Å². The molecule has 0 spiro atoms. The zero-order valence-corrected chi connectivity index (χ0v) is 23.3. The number of hydrogen-bond acceptors (Lipinski definition) is 9. The number of aliphatic hydroxyl groups excluding tert-OH is 1. The molecule has 0 aromatic heterocycles. The Kier molecular flexibility index (Phi) is 11.4. The lowest BCUT2D eigenvalue weighted by Gasteiger charge is -2.30. The highest BCUT2D eigenvalue weighted by atomic mass is 16.6. The average molecular weight is 545 g/mol. The molecule has 2 amide bonds. The van der Waals surface area contributed by atoms with E-state index in [0.29, 0.717) is 12.0 Å². The van der Waals surface area contributed by atoms with E-state index < -0.39 is 53.8 Å². The quantitative estimate of drug-likeness (QED) is 0.258. The van der Waals surface area contributed by atoms with Crippen LogP contribution in [0.15, 0.2) is 58.5 Å². The highest BCUT2D eigenvalue weighted by Crippen LogP contribution is 2.28. The molecule has 0 radical (unpaired) electrons. The normalized spacial score (nSPS) is 33.3. The summed E-state index contributed by atoms with van der Waals surface area (Å²) in [5, 5.41) is 16.7. The van der Waals surface area contributed by atoms with Crippen LogP contribution in [0.4, 0.5) is 4.79 Å². The number of carbonyl (C=O) groups is 4. The minimum absolute atomic E-state index is 0.112. The van der Waals surface area contributed by atoms with Crippen molar-refractivity contribution in [1.29, 1.82) is 0 Å². The molecule has 0 saturated carbocycles. The van der Waals surface area contributed by atoms with Crippen molar-refractivity contribution in [3.63, 3.8) is 0 Å². The summed E-state index contributed by atoms with van der Waals surface area (Å²) in [6.45, 7) is 6.98. The third-order valence-electron chi connectivity index (χ3n) is 6.94. The van der Waals surface area contributed by atoms with E-state index in [9.17, 15) is 24.3 Å². The lowest BCUT2D eigenvalue weighted by Crippen LogP contribution is -2.41. The molecule has 3 unspecified atom stereocenters. The molecule has 0 fully saturated rings. The van der Waals surface area contributed by atoms with E-state index in [4.69, 9.17) is 20.9 Å². The minimum atomic E-state index is -0.963. The van der Waals surface area contributed by atoms with Gasteiger partial charge in [-0.25, -0.2) is 4.79 Å². The van der Waals surface area contributed by atoms with Gasteiger partial charge in [-0.1, -0.05) is 38.2 Å². The van der Waals surface area contributed by atoms with Gasteiger partial charge < -0.3 is 36.7 Å². The van der Waals surface area contributed by atoms with Gasteiger partial charge in [0.1, 0.15) is 6.10 Å². The number of ether oxygens (including phenoxy) is 2. The van der Waals surface area contributed by atoms with Gasteiger partial charge in [0, 0.05) is 30.2 Å². The van der Waals surface area contributed by atoms with Crippen molar-refractivity contribution in [3.8, 4) is 0 Å². The van der Waals surface area contributed by atoms with Crippen LogP contribution in [0.3, 0.4) is 0 Å². The van der Waals surface area contributed by atoms with Crippen LogP contribution in [-0.2, 0) is 23.9 Å². The van der Waals surface area contributed by atoms with E-state index in [1.54, 1.807) is 39.1 Å². The zero-order chi connectivity index (χ0) is 29.4. The molecular weight excluding hydrogens is 504 g/mol. The Labute approximate surface area is 229 Å². The number of likely N-dealkylation sites (N-methyl/N-ethyl adjacent to an activating group) is 1. The Morgan fingerprint density at radius 3 is 2.46 bits per heavy atom.